The van der Waals surface area contributed by atoms with E-state index in [9.17, 15) is 14.4 Å². The van der Waals surface area contributed by atoms with E-state index >= 15 is 0 Å². The highest BCUT2D eigenvalue weighted by Crippen LogP contribution is 2.31. The maximum absolute atomic E-state index is 13.3. The fourth-order valence-corrected chi connectivity index (χ4v) is 4.56. The van der Waals surface area contributed by atoms with Crippen molar-refractivity contribution in [3.8, 4) is 5.69 Å². The largest absolute Gasteiger partial charge is 0.461 e. The van der Waals surface area contributed by atoms with Crippen LogP contribution >= 0.6 is 22.7 Å². The lowest BCUT2D eigenvalue weighted by Gasteiger charge is -2.10. The van der Waals surface area contributed by atoms with Crippen molar-refractivity contribution in [2.45, 2.75) is 13.8 Å². The van der Waals surface area contributed by atoms with Crippen LogP contribution in [-0.4, -0.2) is 28.3 Å². The molecule has 0 spiro atoms. The summed E-state index contributed by atoms with van der Waals surface area (Å²) in [7, 11) is 0. The number of aryl methyl sites for hydroxylation is 1. The highest BCUT2D eigenvalue weighted by Gasteiger charge is 2.23. The van der Waals surface area contributed by atoms with Crippen LogP contribution in [-0.2, 0) is 4.74 Å². The monoisotopic (exact) mass is 439 g/mol. The zero-order chi connectivity index (χ0) is 21.3. The number of nitrogens with zero attached hydrogens (tertiary/aromatic N) is 2. The number of carbonyl (C=O) groups is 2. The molecule has 1 aromatic carbocycles. The number of aromatic nitrogens is 2. The average molecular weight is 440 g/mol. The first-order chi connectivity index (χ1) is 14.5. The molecule has 3 heterocycles. The third-order valence-corrected chi connectivity index (χ3v) is 5.96. The fourth-order valence-electron chi connectivity index (χ4n) is 3.00. The van der Waals surface area contributed by atoms with Gasteiger partial charge in [-0.05, 0) is 43.0 Å². The van der Waals surface area contributed by atoms with Crippen molar-refractivity contribution in [1.82, 2.24) is 9.78 Å². The summed E-state index contributed by atoms with van der Waals surface area (Å²) in [5, 5.41) is 13.2. The highest BCUT2D eigenvalue weighted by atomic mass is 32.1. The number of anilines is 1. The van der Waals surface area contributed by atoms with Crippen LogP contribution in [0, 0.1) is 6.92 Å². The van der Waals surface area contributed by atoms with E-state index in [0.717, 1.165) is 5.56 Å². The second kappa shape index (κ2) is 8.21. The van der Waals surface area contributed by atoms with Gasteiger partial charge >= 0.3 is 5.97 Å². The van der Waals surface area contributed by atoms with E-state index in [2.05, 4.69) is 10.4 Å². The summed E-state index contributed by atoms with van der Waals surface area (Å²) in [6, 6.07) is 8.94. The molecule has 0 aliphatic heterocycles. The smallest absolute Gasteiger partial charge is 0.359 e. The predicted molar refractivity (Wildman–Crippen MR) is 118 cm³/mol. The van der Waals surface area contributed by atoms with Crippen molar-refractivity contribution in [2.75, 3.05) is 11.9 Å². The molecular weight excluding hydrogens is 422 g/mol. The molecule has 0 aliphatic rings. The van der Waals surface area contributed by atoms with E-state index in [1.54, 1.807) is 47.3 Å². The summed E-state index contributed by atoms with van der Waals surface area (Å²) < 4.78 is 6.32. The number of esters is 1. The Bertz CT molecular complexity index is 1310. The minimum Gasteiger partial charge on any atom is -0.461 e. The predicted octanol–water partition coefficient (Wildman–Crippen LogP) is 4.25. The molecular formula is C21H17N3O4S2. The standard InChI is InChI=1S/C21H17N3O4S2/c1-3-28-21(27)17-15-11-30-19(22-18(25)13-7-8-29-10-13)16(15)20(26)24(23-17)14-6-4-5-12(2)9-14/h4-11H,3H2,1-2H3,(H,22,25). The molecule has 0 radical (unpaired) electrons. The first-order valence-corrected chi connectivity index (χ1v) is 10.9. The molecule has 0 bridgehead atoms. The molecule has 0 unspecified atom stereocenters. The number of benzene rings is 1. The van der Waals surface area contributed by atoms with Crippen LogP contribution in [0.5, 0.6) is 0 Å². The normalized spacial score (nSPS) is 10.9. The van der Waals surface area contributed by atoms with Gasteiger partial charge in [0.05, 0.1) is 23.2 Å². The zero-order valence-electron chi connectivity index (χ0n) is 16.2. The number of amides is 1. The number of nitrogens with one attached hydrogen (secondary N) is 1. The molecule has 0 aliphatic carbocycles. The molecule has 30 heavy (non-hydrogen) atoms. The summed E-state index contributed by atoms with van der Waals surface area (Å²) in [5.74, 6) is -0.951. The Balaban J connectivity index is 1.92. The Kier molecular flexibility index (Phi) is 5.47. The molecule has 3 aromatic heterocycles. The van der Waals surface area contributed by atoms with Gasteiger partial charge in [-0.2, -0.15) is 21.1 Å². The first kappa shape index (κ1) is 20.0. The van der Waals surface area contributed by atoms with Gasteiger partial charge in [0, 0.05) is 16.1 Å². The number of ether oxygens (including phenoxy) is 1. The Morgan fingerprint density at radius 1 is 1.23 bits per heavy atom. The molecule has 1 N–H and O–H groups in total. The molecule has 7 nitrogen and oxygen atoms in total. The number of thiophene rings is 2. The summed E-state index contributed by atoms with van der Waals surface area (Å²) in [5.41, 5.74) is 1.56. The fraction of sp³-hybridized carbons (Fsp3) is 0.143. The topological polar surface area (TPSA) is 90.3 Å². The van der Waals surface area contributed by atoms with Gasteiger partial charge < -0.3 is 10.1 Å². The number of hydrogen-bond acceptors (Lipinski definition) is 7. The van der Waals surface area contributed by atoms with Crippen molar-refractivity contribution in [1.29, 1.82) is 0 Å². The van der Waals surface area contributed by atoms with E-state index in [1.807, 2.05) is 13.0 Å². The number of hydrogen-bond donors (Lipinski definition) is 1. The van der Waals surface area contributed by atoms with Crippen LogP contribution in [0.3, 0.4) is 0 Å². The summed E-state index contributed by atoms with van der Waals surface area (Å²) in [4.78, 5) is 38.4. The van der Waals surface area contributed by atoms with Crippen LogP contribution in [0.15, 0.2) is 51.3 Å². The molecule has 1 amide bonds. The van der Waals surface area contributed by atoms with Gasteiger partial charge in [0.2, 0.25) is 0 Å². The molecule has 4 aromatic rings. The Morgan fingerprint density at radius 2 is 2.07 bits per heavy atom. The van der Waals surface area contributed by atoms with E-state index in [4.69, 9.17) is 4.74 Å². The summed E-state index contributed by atoms with van der Waals surface area (Å²) >= 11 is 2.58. The SMILES string of the molecule is CCOC(=O)c1nn(-c2cccc(C)c2)c(=O)c2c(NC(=O)c3ccsc3)scc12. The van der Waals surface area contributed by atoms with E-state index in [1.165, 1.54) is 27.4 Å². The molecule has 0 saturated heterocycles. The Hall–Kier alpha value is -3.30. The molecule has 9 heteroatoms. The summed E-state index contributed by atoms with van der Waals surface area (Å²) in [6.45, 7) is 3.78. The van der Waals surface area contributed by atoms with Crippen LogP contribution in [0.25, 0.3) is 16.5 Å². The van der Waals surface area contributed by atoms with Gasteiger partial charge in [-0.1, -0.05) is 12.1 Å². The van der Waals surface area contributed by atoms with Crippen molar-refractivity contribution in [3.05, 3.63) is 73.6 Å². The molecule has 0 atom stereocenters. The van der Waals surface area contributed by atoms with Gasteiger partial charge in [-0.15, -0.1) is 11.3 Å². The Morgan fingerprint density at radius 3 is 2.77 bits per heavy atom. The molecule has 0 fully saturated rings. The Labute approximate surface area is 179 Å². The van der Waals surface area contributed by atoms with Crippen LogP contribution in [0.2, 0.25) is 0 Å². The van der Waals surface area contributed by atoms with E-state index < -0.39 is 11.5 Å². The number of carbonyl (C=O) groups excluding carboxylic acids is 2. The third kappa shape index (κ3) is 3.64. The second-order valence-corrected chi connectivity index (χ2v) is 8.10. The average Bonchev–Trinajstić information content (AvgIpc) is 3.39. The minimum atomic E-state index is -0.627. The maximum atomic E-state index is 13.3. The second-order valence-electron chi connectivity index (χ2n) is 6.44. The maximum Gasteiger partial charge on any atom is 0.359 e. The van der Waals surface area contributed by atoms with Gasteiger partial charge in [-0.3, -0.25) is 9.59 Å². The lowest BCUT2D eigenvalue weighted by molar-refractivity contribution is 0.0520. The zero-order valence-corrected chi connectivity index (χ0v) is 17.8. The number of fused-ring (bicyclic) bond motifs is 1. The molecule has 4 rings (SSSR count). The van der Waals surface area contributed by atoms with Crippen LogP contribution < -0.4 is 10.9 Å². The van der Waals surface area contributed by atoms with Crippen molar-refractivity contribution in [3.63, 3.8) is 0 Å². The van der Waals surface area contributed by atoms with Crippen molar-refractivity contribution in [2.24, 2.45) is 0 Å². The van der Waals surface area contributed by atoms with Crippen LogP contribution in [0.4, 0.5) is 5.00 Å². The van der Waals surface area contributed by atoms with Crippen molar-refractivity contribution < 1.29 is 14.3 Å². The lowest BCUT2D eigenvalue weighted by atomic mass is 10.2. The van der Waals surface area contributed by atoms with Gasteiger partial charge in [0.1, 0.15) is 5.00 Å². The summed E-state index contributed by atoms with van der Waals surface area (Å²) in [6.07, 6.45) is 0. The molecule has 152 valence electrons. The van der Waals surface area contributed by atoms with Gasteiger partial charge in [-0.25, -0.2) is 4.79 Å². The van der Waals surface area contributed by atoms with Crippen LogP contribution in [0.1, 0.15) is 33.3 Å². The third-order valence-electron chi connectivity index (χ3n) is 4.38. The lowest BCUT2D eigenvalue weighted by Crippen LogP contribution is -2.25. The molecule has 0 saturated carbocycles. The highest BCUT2D eigenvalue weighted by molar-refractivity contribution is 7.16. The quantitative estimate of drug-likeness (QED) is 0.470. The van der Waals surface area contributed by atoms with E-state index in [-0.39, 0.29) is 23.6 Å². The number of rotatable bonds is 5. The van der Waals surface area contributed by atoms with Gasteiger partial charge in [0.15, 0.2) is 5.69 Å². The van der Waals surface area contributed by atoms with Crippen molar-refractivity contribution >= 4 is 50.3 Å². The van der Waals surface area contributed by atoms with Gasteiger partial charge in [0.25, 0.3) is 11.5 Å². The first-order valence-electron chi connectivity index (χ1n) is 9.12. The van der Waals surface area contributed by atoms with E-state index in [0.29, 0.717) is 21.6 Å². The minimum absolute atomic E-state index is 0.0280.